The zero-order valence-electron chi connectivity index (χ0n) is 14.4. The highest BCUT2D eigenvalue weighted by atomic mass is 32.2. The van der Waals surface area contributed by atoms with Crippen molar-refractivity contribution in [2.75, 3.05) is 18.6 Å². The molecule has 0 saturated heterocycles. The summed E-state index contributed by atoms with van der Waals surface area (Å²) in [5, 5.41) is 9.87. The van der Waals surface area contributed by atoms with Crippen molar-refractivity contribution in [3.63, 3.8) is 0 Å². The predicted molar refractivity (Wildman–Crippen MR) is 101 cm³/mol. The van der Waals surface area contributed by atoms with Crippen LogP contribution >= 0.6 is 11.8 Å². The number of hydrogen-bond acceptors (Lipinski definition) is 4. The van der Waals surface area contributed by atoms with Crippen LogP contribution in [0.15, 0.2) is 48.8 Å². The fourth-order valence-corrected chi connectivity index (χ4v) is 2.82. The van der Waals surface area contributed by atoms with Crippen molar-refractivity contribution in [1.82, 2.24) is 20.4 Å². The molecular weight excluding hydrogens is 336 g/mol. The molecule has 0 aliphatic rings. The topological polar surface area (TPSA) is 76.0 Å². The number of hydrogen-bond donors (Lipinski definition) is 2. The minimum absolute atomic E-state index is 0.140. The first-order valence-corrected chi connectivity index (χ1v) is 9.70. The number of amides is 2. The van der Waals surface area contributed by atoms with Gasteiger partial charge in [0.05, 0.1) is 0 Å². The Bertz CT molecular complexity index is 646. The van der Waals surface area contributed by atoms with E-state index in [0.717, 1.165) is 18.7 Å². The largest absolute Gasteiger partial charge is 0.354 e. The molecule has 0 saturated carbocycles. The Morgan fingerprint density at radius 3 is 2.72 bits per heavy atom. The Balaban J connectivity index is 1.82. The minimum atomic E-state index is -0.523. The Labute approximate surface area is 152 Å². The van der Waals surface area contributed by atoms with Crippen molar-refractivity contribution >= 4 is 23.6 Å². The van der Waals surface area contributed by atoms with Crippen LogP contribution in [0.2, 0.25) is 0 Å². The molecule has 1 atom stereocenters. The molecule has 25 heavy (non-hydrogen) atoms. The van der Waals surface area contributed by atoms with Crippen LogP contribution in [-0.4, -0.2) is 46.2 Å². The highest BCUT2D eigenvalue weighted by Gasteiger charge is 2.20. The van der Waals surface area contributed by atoms with Crippen molar-refractivity contribution in [3.05, 3.63) is 54.4 Å². The molecular formula is C18H24N4O2S. The summed E-state index contributed by atoms with van der Waals surface area (Å²) in [6, 6.07) is 10.3. The normalized spacial score (nSPS) is 11.7. The van der Waals surface area contributed by atoms with E-state index in [-0.39, 0.29) is 11.8 Å². The molecule has 1 aromatic carbocycles. The molecule has 0 radical (unpaired) electrons. The average Bonchev–Trinajstić information content (AvgIpc) is 3.16. The molecule has 6 nitrogen and oxygen atoms in total. The Kier molecular flexibility index (Phi) is 8.04. The van der Waals surface area contributed by atoms with Crippen LogP contribution in [0.5, 0.6) is 0 Å². The van der Waals surface area contributed by atoms with E-state index in [1.807, 2.05) is 29.3 Å². The summed E-state index contributed by atoms with van der Waals surface area (Å²) in [6.07, 6.45) is 7.00. The average molecular weight is 360 g/mol. The van der Waals surface area contributed by atoms with Crippen molar-refractivity contribution in [2.45, 2.75) is 25.4 Å². The lowest BCUT2D eigenvalue weighted by Gasteiger charge is -2.18. The molecule has 0 aliphatic carbocycles. The van der Waals surface area contributed by atoms with E-state index in [1.54, 1.807) is 42.2 Å². The van der Waals surface area contributed by atoms with Crippen LogP contribution in [0, 0.1) is 0 Å². The van der Waals surface area contributed by atoms with Gasteiger partial charge in [0.1, 0.15) is 6.04 Å². The van der Waals surface area contributed by atoms with Gasteiger partial charge in [-0.15, -0.1) is 0 Å². The number of benzene rings is 1. The molecule has 0 bridgehead atoms. The number of carbonyl (C=O) groups is 2. The van der Waals surface area contributed by atoms with Gasteiger partial charge in [0, 0.05) is 31.0 Å². The first-order chi connectivity index (χ1) is 12.2. The maximum Gasteiger partial charge on any atom is 0.251 e. The third-order valence-corrected chi connectivity index (χ3v) is 4.33. The lowest BCUT2D eigenvalue weighted by molar-refractivity contribution is -0.123. The number of aromatic nitrogens is 2. The third-order valence-electron chi connectivity index (χ3n) is 3.69. The standard InChI is InChI=1S/C18H24N4O2S/c1-25-14-9-16(21-17(23)15-7-3-2-4-8-15)18(24)19-10-5-12-22-13-6-11-20-22/h2-4,6-8,11,13,16H,5,9-10,12,14H2,1H3,(H,19,24)(H,21,23)/t16-/m1/s1. The first kappa shape index (κ1) is 19.1. The molecule has 1 heterocycles. The zero-order chi connectivity index (χ0) is 17.9. The minimum Gasteiger partial charge on any atom is -0.354 e. The van der Waals surface area contributed by atoms with E-state index in [2.05, 4.69) is 15.7 Å². The van der Waals surface area contributed by atoms with Crippen LogP contribution in [-0.2, 0) is 11.3 Å². The van der Waals surface area contributed by atoms with Crippen molar-refractivity contribution in [3.8, 4) is 0 Å². The lowest BCUT2D eigenvalue weighted by atomic mass is 10.1. The number of carbonyl (C=O) groups excluding carboxylic acids is 2. The lowest BCUT2D eigenvalue weighted by Crippen LogP contribution is -2.47. The molecule has 0 unspecified atom stereocenters. The van der Waals surface area contributed by atoms with E-state index in [4.69, 9.17) is 0 Å². The van der Waals surface area contributed by atoms with Gasteiger partial charge in [-0.05, 0) is 43.0 Å². The van der Waals surface area contributed by atoms with E-state index in [0.29, 0.717) is 18.5 Å². The van der Waals surface area contributed by atoms with Crippen LogP contribution in [0.4, 0.5) is 0 Å². The fraction of sp³-hybridized carbons (Fsp3) is 0.389. The van der Waals surface area contributed by atoms with Gasteiger partial charge in [0.25, 0.3) is 5.91 Å². The van der Waals surface area contributed by atoms with Gasteiger partial charge in [0.2, 0.25) is 5.91 Å². The van der Waals surface area contributed by atoms with Crippen molar-refractivity contribution in [1.29, 1.82) is 0 Å². The molecule has 7 heteroatoms. The second kappa shape index (κ2) is 10.6. The zero-order valence-corrected chi connectivity index (χ0v) is 15.2. The first-order valence-electron chi connectivity index (χ1n) is 8.30. The maximum atomic E-state index is 12.4. The SMILES string of the molecule is CSCC[C@@H](NC(=O)c1ccccc1)C(=O)NCCCn1cccn1. The summed E-state index contributed by atoms with van der Waals surface area (Å²) in [6.45, 7) is 1.30. The number of aryl methyl sites for hydroxylation is 1. The Morgan fingerprint density at radius 1 is 1.24 bits per heavy atom. The van der Waals surface area contributed by atoms with Gasteiger partial charge < -0.3 is 10.6 Å². The van der Waals surface area contributed by atoms with Crippen LogP contribution in [0.3, 0.4) is 0 Å². The number of rotatable bonds is 10. The molecule has 2 amide bonds. The van der Waals surface area contributed by atoms with Crippen LogP contribution in [0.1, 0.15) is 23.2 Å². The summed E-state index contributed by atoms with van der Waals surface area (Å²) >= 11 is 1.65. The van der Waals surface area contributed by atoms with Gasteiger partial charge in [-0.2, -0.15) is 16.9 Å². The quantitative estimate of drug-likeness (QED) is 0.635. The summed E-state index contributed by atoms with van der Waals surface area (Å²) in [5.41, 5.74) is 0.558. The predicted octanol–water partition coefficient (Wildman–Crippen LogP) is 1.94. The van der Waals surface area contributed by atoms with E-state index in [9.17, 15) is 9.59 Å². The Hall–Kier alpha value is -2.28. The molecule has 2 N–H and O–H groups in total. The van der Waals surface area contributed by atoms with Gasteiger partial charge in [-0.1, -0.05) is 18.2 Å². The van der Waals surface area contributed by atoms with Crippen LogP contribution in [0.25, 0.3) is 0 Å². The smallest absolute Gasteiger partial charge is 0.251 e. The summed E-state index contributed by atoms with van der Waals surface area (Å²) in [4.78, 5) is 24.7. The second-order valence-electron chi connectivity index (χ2n) is 5.59. The van der Waals surface area contributed by atoms with E-state index in [1.165, 1.54) is 0 Å². The summed E-state index contributed by atoms with van der Waals surface area (Å²) < 4.78 is 1.83. The molecule has 0 spiro atoms. The third kappa shape index (κ3) is 6.62. The highest BCUT2D eigenvalue weighted by molar-refractivity contribution is 7.98. The summed E-state index contributed by atoms with van der Waals surface area (Å²) in [5.74, 6) is 0.442. The monoisotopic (exact) mass is 360 g/mol. The number of nitrogens with zero attached hydrogens (tertiary/aromatic N) is 2. The van der Waals surface area contributed by atoms with Gasteiger partial charge in [-0.25, -0.2) is 0 Å². The van der Waals surface area contributed by atoms with Crippen molar-refractivity contribution < 1.29 is 9.59 Å². The fourth-order valence-electron chi connectivity index (χ4n) is 2.34. The van der Waals surface area contributed by atoms with Gasteiger partial charge >= 0.3 is 0 Å². The Morgan fingerprint density at radius 2 is 2.04 bits per heavy atom. The van der Waals surface area contributed by atoms with E-state index < -0.39 is 6.04 Å². The molecule has 1 aromatic heterocycles. The molecule has 2 rings (SSSR count). The molecule has 134 valence electrons. The number of thioether (sulfide) groups is 1. The van der Waals surface area contributed by atoms with Crippen molar-refractivity contribution in [2.24, 2.45) is 0 Å². The van der Waals surface area contributed by atoms with Crippen LogP contribution < -0.4 is 10.6 Å². The molecule has 0 aliphatic heterocycles. The van der Waals surface area contributed by atoms with Gasteiger partial charge in [-0.3, -0.25) is 14.3 Å². The number of nitrogens with one attached hydrogen (secondary N) is 2. The molecule has 0 fully saturated rings. The van der Waals surface area contributed by atoms with Gasteiger partial charge in [0.15, 0.2) is 0 Å². The highest BCUT2D eigenvalue weighted by Crippen LogP contribution is 2.04. The maximum absolute atomic E-state index is 12.4. The molecule has 2 aromatic rings. The summed E-state index contributed by atoms with van der Waals surface area (Å²) in [7, 11) is 0. The van der Waals surface area contributed by atoms with E-state index >= 15 is 0 Å². The second-order valence-corrected chi connectivity index (χ2v) is 6.57.